The maximum atomic E-state index is 13.0. The minimum Gasteiger partial charge on any atom is -0.379 e. The molecule has 5 nitrogen and oxygen atoms in total. The van der Waals surface area contributed by atoms with Gasteiger partial charge < -0.3 is 4.74 Å². The number of benzene rings is 1. The number of hydrogen-bond acceptors (Lipinski definition) is 5. The van der Waals surface area contributed by atoms with Gasteiger partial charge in [0.1, 0.15) is 10.7 Å². The number of pyridine rings is 1. The minimum atomic E-state index is -3.52. The molecule has 0 spiro atoms. The van der Waals surface area contributed by atoms with Crippen LogP contribution in [-0.2, 0) is 14.8 Å². The smallest absolute Gasteiger partial charge is 0.244 e. The first-order valence-corrected chi connectivity index (χ1v) is 10.2. The van der Waals surface area contributed by atoms with Gasteiger partial charge in [0.05, 0.1) is 18.2 Å². The molecule has 1 aliphatic heterocycles. The monoisotopic (exact) mass is 382 g/mol. The predicted octanol–water partition coefficient (Wildman–Crippen LogP) is 3.09. The van der Waals surface area contributed by atoms with Crippen LogP contribution in [0.15, 0.2) is 52.5 Å². The van der Waals surface area contributed by atoms with Crippen LogP contribution in [0.4, 0.5) is 4.39 Å². The van der Waals surface area contributed by atoms with E-state index >= 15 is 0 Å². The number of nitrogens with zero attached hydrogens (tertiary/aromatic N) is 2. The molecule has 1 aliphatic rings. The summed E-state index contributed by atoms with van der Waals surface area (Å²) in [5.74, 6) is -0.267. The van der Waals surface area contributed by atoms with Crippen LogP contribution in [0.5, 0.6) is 0 Å². The maximum Gasteiger partial charge on any atom is 0.244 e. The average Bonchev–Trinajstić information content (AvgIpc) is 2.63. The van der Waals surface area contributed by atoms with Crippen molar-refractivity contribution in [3.63, 3.8) is 0 Å². The standard InChI is InChI=1S/C17H19FN2O3S2/c1-13(14-2-4-15(18)5-3-14)24-17-7-6-16(12-19-17)25(21,22)20-8-10-23-11-9-20/h2-7,12-13H,8-11H2,1H3/t13-/m0/s1. The summed E-state index contributed by atoms with van der Waals surface area (Å²) >= 11 is 1.50. The Balaban J connectivity index is 1.70. The Hall–Kier alpha value is -1.48. The lowest BCUT2D eigenvalue weighted by molar-refractivity contribution is 0.0730. The topological polar surface area (TPSA) is 59.5 Å². The van der Waals surface area contributed by atoms with E-state index in [1.165, 1.54) is 34.4 Å². The molecule has 1 atom stereocenters. The van der Waals surface area contributed by atoms with Gasteiger partial charge in [-0.25, -0.2) is 17.8 Å². The van der Waals surface area contributed by atoms with Crippen LogP contribution in [-0.4, -0.2) is 44.0 Å². The van der Waals surface area contributed by atoms with E-state index in [1.807, 2.05) is 6.92 Å². The second-order valence-electron chi connectivity index (χ2n) is 5.66. The van der Waals surface area contributed by atoms with Gasteiger partial charge in [-0.2, -0.15) is 4.31 Å². The first kappa shape index (κ1) is 18.3. The fraction of sp³-hybridized carbons (Fsp3) is 0.353. The second-order valence-corrected chi connectivity index (χ2v) is 8.96. The van der Waals surface area contributed by atoms with Crippen molar-refractivity contribution in [3.05, 3.63) is 54.0 Å². The zero-order chi connectivity index (χ0) is 17.9. The number of hydrogen-bond donors (Lipinski definition) is 0. The molecular formula is C17H19FN2O3S2. The van der Waals surface area contributed by atoms with Crippen molar-refractivity contribution >= 4 is 21.8 Å². The molecule has 1 saturated heterocycles. The molecule has 3 rings (SSSR count). The van der Waals surface area contributed by atoms with Crippen LogP contribution in [0.25, 0.3) is 0 Å². The molecule has 0 amide bonds. The summed E-state index contributed by atoms with van der Waals surface area (Å²) in [7, 11) is -3.52. The molecular weight excluding hydrogens is 363 g/mol. The third-order valence-electron chi connectivity index (χ3n) is 3.95. The molecule has 1 aromatic heterocycles. The molecule has 1 aromatic carbocycles. The molecule has 1 fully saturated rings. The number of rotatable bonds is 5. The van der Waals surface area contributed by atoms with Gasteiger partial charge in [0.15, 0.2) is 0 Å². The summed E-state index contributed by atoms with van der Waals surface area (Å²) in [4.78, 5) is 4.46. The Kier molecular flexibility index (Phi) is 5.73. The highest BCUT2D eigenvalue weighted by Gasteiger charge is 2.26. The van der Waals surface area contributed by atoms with Crippen LogP contribution in [0.2, 0.25) is 0 Å². The van der Waals surface area contributed by atoms with Crippen LogP contribution in [0.3, 0.4) is 0 Å². The molecule has 134 valence electrons. The largest absolute Gasteiger partial charge is 0.379 e. The number of morpholine rings is 1. The second kappa shape index (κ2) is 7.82. The van der Waals surface area contributed by atoms with Crippen LogP contribution >= 0.6 is 11.8 Å². The number of sulfonamides is 1. The number of thioether (sulfide) groups is 1. The van der Waals surface area contributed by atoms with Crippen molar-refractivity contribution < 1.29 is 17.5 Å². The van der Waals surface area contributed by atoms with Crippen LogP contribution in [0.1, 0.15) is 17.7 Å². The lowest BCUT2D eigenvalue weighted by Crippen LogP contribution is -2.40. The van der Waals surface area contributed by atoms with Crippen molar-refractivity contribution in [3.8, 4) is 0 Å². The van der Waals surface area contributed by atoms with Gasteiger partial charge in [0.25, 0.3) is 0 Å². The minimum absolute atomic E-state index is 0.0785. The average molecular weight is 382 g/mol. The van der Waals surface area contributed by atoms with Crippen molar-refractivity contribution in [1.29, 1.82) is 0 Å². The van der Waals surface area contributed by atoms with Crippen molar-refractivity contribution in [2.45, 2.75) is 22.1 Å². The van der Waals surface area contributed by atoms with Crippen molar-refractivity contribution in [2.75, 3.05) is 26.3 Å². The molecule has 0 saturated carbocycles. The molecule has 8 heteroatoms. The molecule has 25 heavy (non-hydrogen) atoms. The highest BCUT2D eigenvalue weighted by Crippen LogP contribution is 2.34. The summed E-state index contributed by atoms with van der Waals surface area (Å²) in [6.45, 7) is 3.55. The first-order valence-electron chi connectivity index (χ1n) is 7.93. The Morgan fingerprint density at radius 3 is 2.44 bits per heavy atom. The predicted molar refractivity (Wildman–Crippen MR) is 94.5 cm³/mol. The fourth-order valence-corrected chi connectivity index (χ4v) is 4.78. The van der Waals surface area contributed by atoms with E-state index in [-0.39, 0.29) is 16.0 Å². The van der Waals surface area contributed by atoms with E-state index in [0.717, 1.165) is 10.6 Å². The third kappa shape index (κ3) is 4.38. The normalized spacial score (nSPS) is 17.4. The van der Waals surface area contributed by atoms with Crippen molar-refractivity contribution in [1.82, 2.24) is 9.29 Å². The van der Waals surface area contributed by atoms with Gasteiger partial charge in [-0.3, -0.25) is 0 Å². The van der Waals surface area contributed by atoms with Gasteiger partial charge in [-0.1, -0.05) is 23.9 Å². The zero-order valence-electron chi connectivity index (χ0n) is 13.8. The Morgan fingerprint density at radius 1 is 1.16 bits per heavy atom. The SMILES string of the molecule is C[C@H](Sc1ccc(S(=O)(=O)N2CCOCC2)cn1)c1ccc(F)cc1. The maximum absolute atomic E-state index is 13.0. The van der Waals surface area contributed by atoms with Crippen LogP contribution in [0, 0.1) is 5.82 Å². The van der Waals surface area contributed by atoms with E-state index in [1.54, 1.807) is 24.3 Å². The first-order chi connectivity index (χ1) is 12.0. The molecule has 0 radical (unpaired) electrons. The number of aromatic nitrogens is 1. The highest BCUT2D eigenvalue weighted by atomic mass is 32.2. The van der Waals surface area contributed by atoms with Crippen molar-refractivity contribution in [2.24, 2.45) is 0 Å². The molecule has 0 unspecified atom stereocenters. The molecule has 0 bridgehead atoms. The summed E-state index contributed by atoms with van der Waals surface area (Å²) < 4.78 is 44.7. The molecule has 2 heterocycles. The summed E-state index contributed by atoms with van der Waals surface area (Å²) in [5.41, 5.74) is 0.984. The Labute approximate surface area is 151 Å². The summed E-state index contributed by atoms with van der Waals surface area (Å²) in [6, 6.07) is 9.62. The molecule has 0 N–H and O–H groups in total. The van der Waals surface area contributed by atoms with E-state index in [9.17, 15) is 12.8 Å². The van der Waals surface area contributed by atoms with Gasteiger partial charge in [-0.05, 0) is 36.8 Å². The number of ether oxygens (including phenoxy) is 1. The van der Waals surface area contributed by atoms with Gasteiger partial charge in [0.2, 0.25) is 10.0 Å². The lowest BCUT2D eigenvalue weighted by atomic mass is 10.2. The van der Waals surface area contributed by atoms with Gasteiger partial charge in [-0.15, -0.1) is 0 Å². The molecule has 2 aromatic rings. The fourth-order valence-electron chi connectivity index (χ4n) is 2.51. The quantitative estimate of drug-likeness (QED) is 0.744. The summed E-state index contributed by atoms with van der Waals surface area (Å²) in [5, 5.41) is 0.799. The van der Waals surface area contributed by atoms with E-state index < -0.39 is 10.0 Å². The van der Waals surface area contributed by atoms with Gasteiger partial charge in [0, 0.05) is 24.5 Å². The Morgan fingerprint density at radius 2 is 1.84 bits per heavy atom. The molecule has 0 aliphatic carbocycles. The summed E-state index contributed by atoms with van der Waals surface area (Å²) in [6.07, 6.45) is 1.39. The highest BCUT2D eigenvalue weighted by molar-refractivity contribution is 7.99. The number of halogens is 1. The van der Waals surface area contributed by atoms with Gasteiger partial charge >= 0.3 is 0 Å². The lowest BCUT2D eigenvalue weighted by Gasteiger charge is -2.25. The van der Waals surface area contributed by atoms with E-state index in [2.05, 4.69) is 4.98 Å². The Bertz CT molecular complexity index is 805. The van der Waals surface area contributed by atoms with E-state index in [0.29, 0.717) is 26.3 Å². The zero-order valence-corrected chi connectivity index (χ0v) is 15.4. The van der Waals surface area contributed by atoms with E-state index in [4.69, 9.17) is 4.74 Å². The van der Waals surface area contributed by atoms with Crippen LogP contribution < -0.4 is 0 Å². The third-order valence-corrected chi connectivity index (χ3v) is 6.94.